The fourth-order valence-corrected chi connectivity index (χ4v) is 2.75. The van der Waals surface area contributed by atoms with E-state index >= 15 is 0 Å². The van der Waals surface area contributed by atoms with Crippen molar-refractivity contribution in [1.82, 2.24) is 15.2 Å². The Hall–Kier alpha value is -1.13. The Morgan fingerprint density at radius 3 is 2.70 bits per heavy atom. The highest BCUT2D eigenvalue weighted by Crippen LogP contribution is 2.20. The maximum Gasteiger partial charge on any atom is 0.128 e. The second kappa shape index (κ2) is 7.60. The van der Waals surface area contributed by atoms with E-state index < -0.39 is 0 Å². The monoisotopic (exact) mass is 276 g/mol. The molecule has 0 bridgehead atoms. The number of hydrogen-bond donors (Lipinski definition) is 1. The zero-order chi connectivity index (χ0) is 14.4. The van der Waals surface area contributed by atoms with Crippen molar-refractivity contribution in [3.05, 3.63) is 23.9 Å². The number of pyridine rings is 1. The van der Waals surface area contributed by atoms with E-state index in [1.807, 2.05) is 0 Å². The Labute approximate surface area is 123 Å². The topological polar surface area (TPSA) is 31.4 Å². The van der Waals surface area contributed by atoms with E-state index in [9.17, 15) is 0 Å². The van der Waals surface area contributed by atoms with Crippen LogP contribution in [0.5, 0.6) is 0 Å². The Balaban J connectivity index is 1.91. The van der Waals surface area contributed by atoms with Gasteiger partial charge in [-0.15, -0.1) is 0 Å². The summed E-state index contributed by atoms with van der Waals surface area (Å²) in [5, 5.41) is 3.42. The lowest BCUT2D eigenvalue weighted by Gasteiger charge is -2.35. The van der Waals surface area contributed by atoms with Crippen LogP contribution in [0.1, 0.15) is 31.9 Å². The number of rotatable bonds is 6. The predicted molar refractivity (Wildman–Crippen MR) is 85.2 cm³/mol. The van der Waals surface area contributed by atoms with E-state index in [0.717, 1.165) is 50.2 Å². The highest BCUT2D eigenvalue weighted by Gasteiger charge is 2.21. The van der Waals surface area contributed by atoms with Gasteiger partial charge in [0.05, 0.1) is 5.69 Å². The molecule has 0 atom stereocenters. The Morgan fingerprint density at radius 1 is 1.30 bits per heavy atom. The van der Waals surface area contributed by atoms with Crippen LogP contribution in [-0.2, 0) is 6.54 Å². The fourth-order valence-electron chi connectivity index (χ4n) is 2.75. The lowest BCUT2D eigenvalue weighted by molar-refractivity contribution is 0.249. The van der Waals surface area contributed by atoms with Crippen molar-refractivity contribution < 1.29 is 0 Å². The molecule has 0 spiro atoms. The van der Waals surface area contributed by atoms with Crippen LogP contribution in [0, 0.1) is 0 Å². The predicted octanol–water partition coefficient (Wildman–Crippen LogP) is 2.11. The fraction of sp³-hybridized carbons (Fsp3) is 0.688. The highest BCUT2D eigenvalue weighted by atomic mass is 15.2. The SMILES string of the molecule is CCCNCc1cccc(N2CCC(N(C)C)CC2)n1. The first kappa shape index (κ1) is 15.3. The number of piperidine rings is 1. The molecule has 0 aromatic carbocycles. The molecule has 2 heterocycles. The largest absolute Gasteiger partial charge is 0.356 e. The van der Waals surface area contributed by atoms with Gasteiger partial charge in [-0.2, -0.15) is 0 Å². The van der Waals surface area contributed by atoms with Gasteiger partial charge in [-0.1, -0.05) is 13.0 Å². The van der Waals surface area contributed by atoms with Gasteiger partial charge < -0.3 is 15.1 Å². The first-order valence-electron chi connectivity index (χ1n) is 7.78. The molecule has 0 saturated carbocycles. The first-order valence-corrected chi connectivity index (χ1v) is 7.78. The number of nitrogens with zero attached hydrogens (tertiary/aromatic N) is 3. The normalized spacial score (nSPS) is 16.9. The molecule has 20 heavy (non-hydrogen) atoms. The van der Waals surface area contributed by atoms with Crippen molar-refractivity contribution in [3.8, 4) is 0 Å². The average Bonchev–Trinajstić information content (AvgIpc) is 2.48. The van der Waals surface area contributed by atoms with Crippen molar-refractivity contribution in [2.75, 3.05) is 38.6 Å². The second-order valence-corrected chi connectivity index (χ2v) is 5.85. The minimum Gasteiger partial charge on any atom is -0.356 e. The summed E-state index contributed by atoms with van der Waals surface area (Å²) in [4.78, 5) is 9.55. The molecule has 1 aromatic heterocycles. The third-order valence-electron chi connectivity index (χ3n) is 4.04. The lowest BCUT2D eigenvalue weighted by Crippen LogP contribution is -2.42. The van der Waals surface area contributed by atoms with Crippen LogP contribution in [-0.4, -0.2) is 49.7 Å². The Morgan fingerprint density at radius 2 is 2.05 bits per heavy atom. The van der Waals surface area contributed by atoms with Crippen molar-refractivity contribution in [1.29, 1.82) is 0 Å². The zero-order valence-electron chi connectivity index (χ0n) is 13.1. The molecule has 0 radical (unpaired) electrons. The summed E-state index contributed by atoms with van der Waals surface area (Å²) in [7, 11) is 4.36. The second-order valence-electron chi connectivity index (χ2n) is 5.85. The van der Waals surface area contributed by atoms with Crippen LogP contribution in [0.2, 0.25) is 0 Å². The van der Waals surface area contributed by atoms with Crippen LogP contribution in [0.25, 0.3) is 0 Å². The number of anilines is 1. The van der Waals surface area contributed by atoms with E-state index in [2.05, 4.69) is 54.3 Å². The van der Waals surface area contributed by atoms with Gasteiger partial charge in [-0.25, -0.2) is 4.98 Å². The molecule has 0 unspecified atom stereocenters. The minimum atomic E-state index is 0.723. The van der Waals surface area contributed by atoms with Gasteiger partial charge in [0.25, 0.3) is 0 Å². The number of nitrogens with one attached hydrogen (secondary N) is 1. The molecule has 0 aliphatic carbocycles. The van der Waals surface area contributed by atoms with Crippen LogP contribution >= 0.6 is 0 Å². The van der Waals surface area contributed by atoms with Gasteiger partial charge in [0.15, 0.2) is 0 Å². The molecule has 1 saturated heterocycles. The minimum absolute atomic E-state index is 0.723. The summed E-state index contributed by atoms with van der Waals surface area (Å²) >= 11 is 0. The molecule has 1 fully saturated rings. The Kier molecular flexibility index (Phi) is 5.80. The molecular formula is C16H28N4. The standard InChI is InChI=1S/C16H28N4/c1-4-10-17-13-14-6-5-7-16(18-14)20-11-8-15(9-12-20)19(2)3/h5-7,15,17H,4,8-13H2,1-3H3. The molecule has 112 valence electrons. The third kappa shape index (κ3) is 4.18. The Bertz CT molecular complexity index is 397. The van der Waals surface area contributed by atoms with Gasteiger partial charge in [0, 0.05) is 25.7 Å². The molecule has 1 N–H and O–H groups in total. The first-order chi connectivity index (χ1) is 9.70. The summed E-state index contributed by atoms with van der Waals surface area (Å²) in [6.07, 6.45) is 3.62. The van der Waals surface area contributed by atoms with Crippen LogP contribution in [0.15, 0.2) is 18.2 Å². The van der Waals surface area contributed by atoms with Crippen molar-refractivity contribution in [2.24, 2.45) is 0 Å². The van der Waals surface area contributed by atoms with E-state index in [-0.39, 0.29) is 0 Å². The summed E-state index contributed by atoms with van der Waals surface area (Å²) < 4.78 is 0. The summed E-state index contributed by atoms with van der Waals surface area (Å²) in [6.45, 7) is 6.34. The smallest absolute Gasteiger partial charge is 0.128 e. The maximum absolute atomic E-state index is 4.79. The van der Waals surface area contributed by atoms with E-state index in [4.69, 9.17) is 4.98 Å². The summed E-state index contributed by atoms with van der Waals surface area (Å²) in [6, 6.07) is 7.10. The van der Waals surface area contributed by atoms with Gasteiger partial charge in [-0.05, 0) is 52.0 Å². The van der Waals surface area contributed by atoms with E-state index in [0.29, 0.717) is 0 Å². The van der Waals surface area contributed by atoms with Gasteiger partial charge in [0.2, 0.25) is 0 Å². The zero-order valence-corrected chi connectivity index (χ0v) is 13.1. The van der Waals surface area contributed by atoms with Gasteiger partial charge in [0.1, 0.15) is 5.82 Å². The van der Waals surface area contributed by atoms with Crippen LogP contribution in [0.3, 0.4) is 0 Å². The summed E-state index contributed by atoms with van der Waals surface area (Å²) in [5.74, 6) is 1.14. The van der Waals surface area contributed by atoms with E-state index in [1.54, 1.807) is 0 Å². The molecule has 4 nitrogen and oxygen atoms in total. The quantitative estimate of drug-likeness (QED) is 0.806. The lowest BCUT2D eigenvalue weighted by atomic mass is 10.0. The maximum atomic E-state index is 4.79. The molecule has 2 rings (SSSR count). The summed E-state index contributed by atoms with van der Waals surface area (Å²) in [5.41, 5.74) is 1.14. The van der Waals surface area contributed by atoms with Crippen molar-refractivity contribution in [2.45, 2.75) is 38.8 Å². The molecular weight excluding hydrogens is 248 g/mol. The van der Waals surface area contributed by atoms with Crippen molar-refractivity contribution in [3.63, 3.8) is 0 Å². The van der Waals surface area contributed by atoms with Crippen LogP contribution in [0.4, 0.5) is 5.82 Å². The number of hydrogen-bond acceptors (Lipinski definition) is 4. The molecule has 1 aliphatic rings. The highest BCUT2D eigenvalue weighted by molar-refractivity contribution is 5.39. The molecule has 0 amide bonds. The van der Waals surface area contributed by atoms with Gasteiger partial charge in [-0.3, -0.25) is 0 Å². The van der Waals surface area contributed by atoms with E-state index in [1.165, 1.54) is 12.8 Å². The average molecular weight is 276 g/mol. The van der Waals surface area contributed by atoms with Crippen molar-refractivity contribution >= 4 is 5.82 Å². The molecule has 4 heteroatoms. The molecule has 1 aliphatic heterocycles. The number of aromatic nitrogens is 1. The van der Waals surface area contributed by atoms with Gasteiger partial charge >= 0.3 is 0 Å². The third-order valence-corrected chi connectivity index (χ3v) is 4.04. The van der Waals surface area contributed by atoms with Crippen LogP contribution < -0.4 is 10.2 Å². The molecule has 1 aromatic rings.